The Kier molecular flexibility index (Phi) is 3.30. The highest BCUT2D eigenvalue weighted by Gasteiger charge is 2.20. The van der Waals surface area contributed by atoms with Crippen LogP contribution >= 0.6 is 11.6 Å². The number of nitrogens with zero attached hydrogens (tertiary/aromatic N) is 1. The van der Waals surface area contributed by atoms with Gasteiger partial charge in [-0.25, -0.2) is 0 Å². The van der Waals surface area contributed by atoms with E-state index in [2.05, 4.69) is 22.0 Å². The molecule has 2 heterocycles. The third-order valence-electron chi connectivity index (χ3n) is 4.03. The Labute approximate surface area is 123 Å². The quantitative estimate of drug-likeness (QED) is 0.782. The van der Waals surface area contributed by atoms with E-state index in [-0.39, 0.29) is 5.91 Å². The Bertz CT molecular complexity index is 677. The van der Waals surface area contributed by atoms with Crippen molar-refractivity contribution in [3.8, 4) is 0 Å². The summed E-state index contributed by atoms with van der Waals surface area (Å²) in [7, 11) is 0. The molecule has 4 heteroatoms. The number of halogens is 1. The molecular formula is C16H17ClN2O. The average molecular weight is 289 g/mol. The smallest absolute Gasteiger partial charge is 0.247 e. The molecule has 1 aromatic heterocycles. The van der Waals surface area contributed by atoms with E-state index in [0.717, 1.165) is 40.4 Å². The first-order valence-corrected chi connectivity index (χ1v) is 7.18. The maximum atomic E-state index is 11.9. The summed E-state index contributed by atoms with van der Waals surface area (Å²) in [6.07, 6.45) is 6.88. The van der Waals surface area contributed by atoms with Gasteiger partial charge in [-0.3, -0.25) is 4.79 Å². The standard InChI is InChI=1S/C16H17ClN2O/c1-10-11(2)16(20)18-6-7-19-14-5-3-4-13(17)8-12(14)9-15(10)19/h3-4,8-9H,5-7H2,1-2H3,(H,18,20)/b11-10-. The van der Waals surface area contributed by atoms with Crippen molar-refractivity contribution in [1.82, 2.24) is 9.88 Å². The summed E-state index contributed by atoms with van der Waals surface area (Å²) in [5.74, 6) is 0.0265. The van der Waals surface area contributed by atoms with Gasteiger partial charge in [0.2, 0.25) is 5.91 Å². The molecule has 3 nitrogen and oxygen atoms in total. The minimum Gasteiger partial charge on any atom is -0.351 e. The molecule has 0 bridgehead atoms. The van der Waals surface area contributed by atoms with Crippen LogP contribution in [-0.4, -0.2) is 17.0 Å². The van der Waals surface area contributed by atoms with Crippen molar-refractivity contribution < 1.29 is 4.79 Å². The molecule has 0 saturated carbocycles. The van der Waals surface area contributed by atoms with E-state index < -0.39 is 0 Å². The molecule has 2 aliphatic rings. The van der Waals surface area contributed by atoms with Crippen molar-refractivity contribution in [1.29, 1.82) is 0 Å². The van der Waals surface area contributed by atoms with E-state index in [1.165, 1.54) is 5.69 Å². The third kappa shape index (κ3) is 2.12. The topological polar surface area (TPSA) is 34.0 Å². The van der Waals surface area contributed by atoms with Gasteiger partial charge in [-0.15, -0.1) is 0 Å². The number of hydrogen-bond donors (Lipinski definition) is 1. The second-order valence-corrected chi connectivity index (χ2v) is 5.66. The lowest BCUT2D eigenvalue weighted by Crippen LogP contribution is -2.31. The zero-order valence-corrected chi connectivity index (χ0v) is 12.4. The highest BCUT2D eigenvalue weighted by Crippen LogP contribution is 2.30. The predicted molar refractivity (Wildman–Crippen MR) is 82.4 cm³/mol. The Morgan fingerprint density at radius 3 is 2.90 bits per heavy atom. The highest BCUT2D eigenvalue weighted by molar-refractivity contribution is 6.33. The second kappa shape index (κ2) is 4.98. The van der Waals surface area contributed by atoms with Crippen LogP contribution < -0.4 is 5.32 Å². The van der Waals surface area contributed by atoms with Gasteiger partial charge in [-0.05, 0) is 43.2 Å². The number of carbonyl (C=O) groups excluding carboxylic acids is 1. The zero-order chi connectivity index (χ0) is 14.3. The van der Waals surface area contributed by atoms with Crippen molar-refractivity contribution in [3.63, 3.8) is 0 Å². The number of rotatable bonds is 0. The molecule has 1 amide bonds. The molecule has 0 spiro atoms. The van der Waals surface area contributed by atoms with E-state index in [9.17, 15) is 4.79 Å². The average Bonchev–Trinajstić information content (AvgIpc) is 2.63. The van der Waals surface area contributed by atoms with Crippen LogP contribution in [0.2, 0.25) is 0 Å². The predicted octanol–water partition coefficient (Wildman–Crippen LogP) is 3.10. The molecule has 0 radical (unpaired) electrons. The number of hydrogen-bond acceptors (Lipinski definition) is 1. The van der Waals surface area contributed by atoms with Crippen molar-refractivity contribution >= 4 is 29.2 Å². The van der Waals surface area contributed by atoms with Gasteiger partial charge in [0.15, 0.2) is 0 Å². The molecule has 1 aromatic rings. The second-order valence-electron chi connectivity index (χ2n) is 5.22. The van der Waals surface area contributed by atoms with Crippen molar-refractivity contribution in [2.75, 3.05) is 6.54 Å². The summed E-state index contributed by atoms with van der Waals surface area (Å²) in [5.41, 5.74) is 5.35. The van der Waals surface area contributed by atoms with Gasteiger partial charge in [0.1, 0.15) is 0 Å². The van der Waals surface area contributed by atoms with Crippen molar-refractivity contribution in [3.05, 3.63) is 45.8 Å². The number of aromatic nitrogens is 1. The van der Waals surface area contributed by atoms with Gasteiger partial charge in [0.25, 0.3) is 0 Å². The lowest BCUT2D eigenvalue weighted by atomic mass is 10.1. The Morgan fingerprint density at radius 1 is 1.30 bits per heavy atom. The number of fused-ring (bicyclic) bond motifs is 3. The van der Waals surface area contributed by atoms with Crippen LogP contribution in [0.25, 0.3) is 11.6 Å². The first kappa shape index (κ1) is 13.3. The normalized spacial score (nSPS) is 22.1. The Hall–Kier alpha value is -1.74. The number of allylic oxidation sites excluding steroid dienone is 4. The van der Waals surface area contributed by atoms with Crippen LogP contribution in [0.15, 0.2) is 28.8 Å². The monoisotopic (exact) mass is 288 g/mol. The fraction of sp³-hybridized carbons (Fsp3) is 0.312. The summed E-state index contributed by atoms with van der Waals surface area (Å²) >= 11 is 6.15. The fourth-order valence-corrected chi connectivity index (χ4v) is 2.99. The van der Waals surface area contributed by atoms with Gasteiger partial charge in [-0.1, -0.05) is 17.7 Å². The molecule has 3 rings (SSSR count). The van der Waals surface area contributed by atoms with E-state index in [0.29, 0.717) is 6.54 Å². The van der Waals surface area contributed by atoms with E-state index in [1.54, 1.807) is 0 Å². The minimum absolute atomic E-state index is 0.0265. The van der Waals surface area contributed by atoms with Crippen LogP contribution in [0.5, 0.6) is 0 Å². The van der Waals surface area contributed by atoms with E-state index >= 15 is 0 Å². The molecule has 20 heavy (non-hydrogen) atoms. The van der Waals surface area contributed by atoms with Gasteiger partial charge < -0.3 is 9.88 Å². The summed E-state index contributed by atoms with van der Waals surface area (Å²) in [6, 6.07) is 2.14. The summed E-state index contributed by atoms with van der Waals surface area (Å²) in [6.45, 7) is 5.33. The van der Waals surface area contributed by atoms with Gasteiger partial charge in [0.05, 0.1) is 0 Å². The highest BCUT2D eigenvalue weighted by atomic mass is 35.5. The molecule has 0 unspecified atom stereocenters. The van der Waals surface area contributed by atoms with Crippen molar-refractivity contribution in [2.24, 2.45) is 0 Å². The van der Waals surface area contributed by atoms with Crippen LogP contribution in [0.4, 0.5) is 0 Å². The van der Waals surface area contributed by atoms with Gasteiger partial charge >= 0.3 is 0 Å². The first-order chi connectivity index (χ1) is 9.58. The zero-order valence-electron chi connectivity index (χ0n) is 11.7. The lowest BCUT2D eigenvalue weighted by Gasteiger charge is -2.19. The molecule has 1 N–H and O–H groups in total. The van der Waals surface area contributed by atoms with Crippen LogP contribution in [0.3, 0.4) is 0 Å². The molecular weight excluding hydrogens is 272 g/mol. The number of nitrogens with one attached hydrogen (secondary N) is 1. The molecule has 0 saturated heterocycles. The summed E-state index contributed by atoms with van der Waals surface area (Å²) < 4.78 is 2.30. The Balaban J connectivity index is 2.21. The minimum atomic E-state index is 0.0265. The fourth-order valence-electron chi connectivity index (χ4n) is 2.78. The van der Waals surface area contributed by atoms with E-state index in [4.69, 9.17) is 11.6 Å². The SMILES string of the molecule is C/C1=C(\C)c2cc3c(n2CCNC1=O)CC=CC(Cl)=C3. The largest absolute Gasteiger partial charge is 0.351 e. The maximum absolute atomic E-state index is 11.9. The van der Waals surface area contributed by atoms with Crippen LogP contribution in [-0.2, 0) is 17.8 Å². The number of amides is 1. The number of carbonyl (C=O) groups is 1. The van der Waals surface area contributed by atoms with Crippen LogP contribution in [0.1, 0.15) is 30.8 Å². The first-order valence-electron chi connectivity index (χ1n) is 6.80. The molecule has 1 aliphatic heterocycles. The third-order valence-corrected chi connectivity index (χ3v) is 4.27. The Morgan fingerprint density at radius 2 is 2.10 bits per heavy atom. The molecule has 0 fully saturated rings. The maximum Gasteiger partial charge on any atom is 0.247 e. The van der Waals surface area contributed by atoms with Crippen LogP contribution in [0, 0.1) is 0 Å². The van der Waals surface area contributed by atoms with Gasteiger partial charge in [0, 0.05) is 41.5 Å². The molecule has 1 aliphatic carbocycles. The molecule has 104 valence electrons. The summed E-state index contributed by atoms with van der Waals surface area (Å²) in [4.78, 5) is 11.9. The lowest BCUT2D eigenvalue weighted by molar-refractivity contribution is -0.117. The van der Waals surface area contributed by atoms with Crippen molar-refractivity contribution in [2.45, 2.75) is 26.8 Å². The molecule has 0 atom stereocenters. The molecule has 0 aromatic carbocycles. The van der Waals surface area contributed by atoms with Gasteiger partial charge in [-0.2, -0.15) is 0 Å². The summed E-state index contributed by atoms with van der Waals surface area (Å²) in [5, 5.41) is 3.69. The van der Waals surface area contributed by atoms with E-state index in [1.807, 2.05) is 26.0 Å².